The van der Waals surface area contributed by atoms with Crippen molar-refractivity contribution in [3.63, 3.8) is 0 Å². The third kappa shape index (κ3) is 3.05. The van der Waals surface area contributed by atoms with E-state index in [4.69, 9.17) is 17.6 Å². The average molecular weight is 200 g/mol. The van der Waals surface area contributed by atoms with E-state index in [1.165, 1.54) is 0 Å². The van der Waals surface area contributed by atoms with Crippen molar-refractivity contribution < 1.29 is 9.08 Å². The molecule has 1 atom stereocenters. The summed E-state index contributed by atoms with van der Waals surface area (Å²) in [5.41, 5.74) is 6.48. The molecule has 13 heavy (non-hydrogen) atoms. The number of nitrogens with two attached hydrogens (primary N) is 1. The van der Waals surface area contributed by atoms with Crippen molar-refractivity contribution in [2.24, 2.45) is 5.73 Å². The largest absolute Gasteiger partial charge is 0.346 e. The molecule has 0 bridgehead atoms. The van der Waals surface area contributed by atoms with Crippen molar-refractivity contribution in [1.29, 1.82) is 0 Å². The zero-order valence-corrected chi connectivity index (χ0v) is 7.70. The maximum atomic E-state index is 10.8. The Morgan fingerprint density at radius 2 is 2.08 bits per heavy atom. The lowest BCUT2D eigenvalue weighted by Crippen LogP contribution is -2.32. The topological polar surface area (TPSA) is 52.3 Å². The third-order valence-electron chi connectivity index (χ3n) is 1.68. The summed E-state index contributed by atoms with van der Waals surface area (Å²) in [6.45, 7) is 0. The maximum Gasteiger partial charge on any atom is 0.341 e. The third-order valence-corrected chi connectivity index (χ3v) is 1.83. The normalized spacial score (nSPS) is 12.2. The van der Waals surface area contributed by atoms with E-state index in [9.17, 15) is 4.79 Å². The van der Waals surface area contributed by atoms with Crippen molar-refractivity contribution in [3.05, 3.63) is 35.9 Å². The molecule has 0 amide bonds. The van der Waals surface area contributed by atoms with Crippen LogP contribution < -0.4 is 5.73 Å². The summed E-state index contributed by atoms with van der Waals surface area (Å²) in [6, 6.07) is 8.75. The van der Waals surface area contributed by atoms with Crippen LogP contribution in [0.1, 0.15) is 5.56 Å². The van der Waals surface area contributed by atoms with Gasteiger partial charge in [0.25, 0.3) is 0 Å². The van der Waals surface area contributed by atoms with Gasteiger partial charge in [0.2, 0.25) is 0 Å². The summed E-state index contributed by atoms with van der Waals surface area (Å²) in [4.78, 5) is 10.8. The molecule has 0 aliphatic carbocycles. The summed E-state index contributed by atoms with van der Waals surface area (Å²) in [5.74, 6) is -0.606. The summed E-state index contributed by atoms with van der Waals surface area (Å²) in [5, 5.41) is 0. The summed E-state index contributed by atoms with van der Waals surface area (Å²) in [6.07, 6.45) is 0.437. The molecule has 0 fully saturated rings. The Bertz CT molecular complexity index is 276. The van der Waals surface area contributed by atoms with E-state index in [0.717, 1.165) is 5.56 Å². The fourth-order valence-corrected chi connectivity index (χ4v) is 1.12. The Kier molecular flexibility index (Phi) is 3.73. The Labute approximate surface area is 81.6 Å². The lowest BCUT2D eigenvalue weighted by Gasteiger charge is -2.06. The SMILES string of the molecule is NC(Cc1ccccc1)C(=O)OCl. The van der Waals surface area contributed by atoms with E-state index in [1.54, 1.807) is 0 Å². The molecule has 70 valence electrons. The molecule has 1 rings (SSSR count). The first kappa shape index (κ1) is 10.0. The van der Waals surface area contributed by atoms with Crippen LogP contribution in [0.3, 0.4) is 0 Å². The lowest BCUT2D eigenvalue weighted by atomic mass is 10.1. The predicted molar refractivity (Wildman–Crippen MR) is 50.1 cm³/mol. The number of hydrogen-bond acceptors (Lipinski definition) is 3. The van der Waals surface area contributed by atoms with Gasteiger partial charge in [-0.2, -0.15) is 0 Å². The predicted octanol–water partition coefficient (Wildman–Crippen LogP) is 1.25. The van der Waals surface area contributed by atoms with Crippen molar-refractivity contribution in [3.8, 4) is 0 Å². The summed E-state index contributed by atoms with van der Waals surface area (Å²) >= 11 is 4.88. The molecule has 0 saturated heterocycles. The van der Waals surface area contributed by atoms with Crippen molar-refractivity contribution in [1.82, 2.24) is 0 Å². The molecule has 2 N–H and O–H groups in total. The molecule has 1 aromatic rings. The van der Waals surface area contributed by atoms with E-state index in [0.29, 0.717) is 6.42 Å². The minimum absolute atomic E-state index is 0.437. The van der Waals surface area contributed by atoms with Gasteiger partial charge < -0.3 is 10.0 Å². The van der Waals surface area contributed by atoms with Crippen LogP contribution in [-0.2, 0) is 15.5 Å². The van der Waals surface area contributed by atoms with Crippen LogP contribution in [0, 0.1) is 0 Å². The van der Waals surface area contributed by atoms with Gasteiger partial charge in [-0.1, -0.05) is 30.3 Å². The van der Waals surface area contributed by atoms with Gasteiger partial charge >= 0.3 is 5.97 Å². The van der Waals surface area contributed by atoms with Crippen LogP contribution in [0.4, 0.5) is 0 Å². The quantitative estimate of drug-likeness (QED) is 0.797. The Morgan fingerprint density at radius 3 is 2.62 bits per heavy atom. The molecule has 0 aliphatic rings. The molecule has 0 heterocycles. The molecule has 0 spiro atoms. The first-order valence-corrected chi connectivity index (χ1v) is 4.17. The van der Waals surface area contributed by atoms with Crippen LogP contribution in [0.25, 0.3) is 0 Å². The van der Waals surface area contributed by atoms with E-state index >= 15 is 0 Å². The molecule has 0 aliphatic heterocycles. The second-order valence-electron chi connectivity index (χ2n) is 2.69. The maximum absolute atomic E-state index is 10.8. The lowest BCUT2D eigenvalue weighted by molar-refractivity contribution is -0.135. The molecule has 1 aromatic carbocycles. The molecular formula is C9H10ClNO2. The second kappa shape index (κ2) is 4.84. The number of carbonyl (C=O) groups excluding carboxylic acids is 1. The van der Waals surface area contributed by atoms with E-state index in [2.05, 4.69) is 4.29 Å². The molecular weight excluding hydrogens is 190 g/mol. The van der Waals surface area contributed by atoms with Gasteiger partial charge in [-0.05, 0) is 12.0 Å². The van der Waals surface area contributed by atoms with E-state index in [-0.39, 0.29) is 0 Å². The Balaban J connectivity index is 2.55. The summed E-state index contributed by atoms with van der Waals surface area (Å²) in [7, 11) is 0. The van der Waals surface area contributed by atoms with Gasteiger partial charge in [0.15, 0.2) is 0 Å². The molecule has 0 aromatic heterocycles. The molecule has 0 saturated carbocycles. The van der Waals surface area contributed by atoms with Gasteiger partial charge in [0, 0.05) is 0 Å². The Morgan fingerprint density at radius 1 is 1.46 bits per heavy atom. The van der Waals surface area contributed by atoms with Crippen LogP contribution in [-0.4, -0.2) is 12.0 Å². The molecule has 1 unspecified atom stereocenters. The van der Waals surface area contributed by atoms with Crippen molar-refractivity contribution >= 4 is 17.8 Å². The highest BCUT2D eigenvalue weighted by Gasteiger charge is 2.14. The van der Waals surface area contributed by atoms with Crippen LogP contribution in [0.5, 0.6) is 0 Å². The Hall–Kier alpha value is -1.06. The highest BCUT2D eigenvalue weighted by Crippen LogP contribution is 2.03. The van der Waals surface area contributed by atoms with Crippen LogP contribution in [0.15, 0.2) is 30.3 Å². The van der Waals surface area contributed by atoms with Gasteiger partial charge in [0.1, 0.15) is 17.9 Å². The summed E-state index contributed by atoms with van der Waals surface area (Å²) < 4.78 is 3.99. The number of halogens is 1. The minimum Gasteiger partial charge on any atom is -0.346 e. The van der Waals surface area contributed by atoms with Crippen molar-refractivity contribution in [2.45, 2.75) is 12.5 Å². The van der Waals surface area contributed by atoms with Gasteiger partial charge in [0.05, 0.1) is 0 Å². The smallest absolute Gasteiger partial charge is 0.341 e. The average Bonchev–Trinajstić information content (AvgIpc) is 2.18. The van der Waals surface area contributed by atoms with E-state index < -0.39 is 12.0 Å². The van der Waals surface area contributed by atoms with E-state index in [1.807, 2.05) is 30.3 Å². The van der Waals surface area contributed by atoms with Gasteiger partial charge in [-0.25, -0.2) is 4.79 Å². The van der Waals surface area contributed by atoms with Crippen LogP contribution >= 0.6 is 11.9 Å². The number of benzene rings is 1. The minimum atomic E-state index is -0.695. The highest BCUT2D eigenvalue weighted by molar-refractivity contribution is 6.13. The first-order chi connectivity index (χ1) is 6.24. The molecule has 0 radical (unpaired) electrons. The zero-order chi connectivity index (χ0) is 9.68. The van der Waals surface area contributed by atoms with Crippen LogP contribution in [0.2, 0.25) is 0 Å². The van der Waals surface area contributed by atoms with Crippen molar-refractivity contribution in [2.75, 3.05) is 0 Å². The number of hydrogen-bond donors (Lipinski definition) is 1. The zero-order valence-electron chi connectivity index (χ0n) is 6.94. The van der Waals surface area contributed by atoms with Gasteiger partial charge in [-0.15, -0.1) is 0 Å². The fraction of sp³-hybridized carbons (Fsp3) is 0.222. The fourth-order valence-electron chi connectivity index (χ4n) is 1.01. The first-order valence-electron chi connectivity index (χ1n) is 3.86. The molecule has 4 heteroatoms. The monoisotopic (exact) mass is 199 g/mol. The standard InChI is InChI=1S/C9H10ClNO2/c10-13-9(12)8(11)6-7-4-2-1-3-5-7/h1-5,8H,6,11H2. The second-order valence-corrected chi connectivity index (χ2v) is 2.85. The number of carbonyl (C=O) groups is 1. The van der Waals surface area contributed by atoms with Gasteiger partial charge in [-0.3, -0.25) is 0 Å². The number of rotatable bonds is 3. The highest BCUT2D eigenvalue weighted by atomic mass is 35.5. The molecule has 3 nitrogen and oxygen atoms in total.